The lowest BCUT2D eigenvalue weighted by atomic mass is 9.48. The highest BCUT2D eigenvalue weighted by Crippen LogP contribution is 2.65. The first-order valence-electron chi connectivity index (χ1n) is 13.3. The van der Waals surface area contributed by atoms with E-state index in [4.69, 9.17) is 0 Å². The molecule has 0 bridgehead atoms. The Kier molecular flexibility index (Phi) is 5.88. The van der Waals surface area contributed by atoms with Gasteiger partial charge in [0.15, 0.2) is 5.54 Å². The molecule has 7 heteroatoms. The van der Waals surface area contributed by atoms with Crippen molar-refractivity contribution in [2.24, 2.45) is 34.5 Å². The lowest BCUT2D eigenvalue weighted by molar-refractivity contribution is -0.199. The smallest absolute Gasteiger partial charge is 0.349 e. The zero-order chi connectivity index (χ0) is 26.1. The minimum absolute atomic E-state index is 0.0320. The molecule has 1 heterocycles. The van der Waals surface area contributed by atoms with Crippen LogP contribution < -0.4 is 10.6 Å². The Morgan fingerprint density at radius 1 is 1.03 bits per heavy atom. The summed E-state index contributed by atoms with van der Waals surface area (Å²) in [4.78, 5) is 25.6. The fourth-order valence-corrected chi connectivity index (χ4v) is 8.29. The highest BCUT2D eigenvalue weighted by atomic mass is 19.4. The van der Waals surface area contributed by atoms with Gasteiger partial charge in [0, 0.05) is 17.4 Å². The van der Waals surface area contributed by atoms with E-state index in [0.717, 1.165) is 44.6 Å². The second kappa shape index (κ2) is 8.35. The Labute approximate surface area is 211 Å². The monoisotopic (exact) mass is 502 g/mol. The van der Waals surface area contributed by atoms with Crippen molar-refractivity contribution in [3.05, 3.63) is 47.5 Å². The van der Waals surface area contributed by atoms with Crippen LogP contribution in [0.2, 0.25) is 0 Å². The predicted octanol–water partition coefficient (Wildman–Crippen LogP) is 5.80. The Balaban J connectivity index is 1.39. The van der Waals surface area contributed by atoms with Crippen molar-refractivity contribution < 1.29 is 22.8 Å². The van der Waals surface area contributed by atoms with Crippen LogP contribution in [0.1, 0.15) is 70.4 Å². The predicted molar refractivity (Wildman–Crippen MR) is 132 cm³/mol. The van der Waals surface area contributed by atoms with Gasteiger partial charge in [-0.25, -0.2) is 0 Å². The zero-order valence-electron chi connectivity index (χ0n) is 21.5. The molecule has 4 aliphatic rings. The first-order chi connectivity index (χ1) is 16.8. The first-order valence-corrected chi connectivity index (χ1v) is 13.3. The number of alkyl halides is 3. The van der Waals surface area contributed by atoms with E-state index in [1.807, 2.05) is 6.92 Å². The Bertz CT molecular complexity index is 1080. The quantitative estimate of drug-likeness (QED) is 0.549. The van der Waals surface area contributed by atoms with E-state index in [1.165, 1.54) is 12.1 Å². The molecule has 4 unspecified atom stereocenters. The number of benzene rings is 1. The molecule has 1 aromatic carbocycles. The van der Waals surface area contributed by atoms with Gasteiger partial charge in [-0.1, -0.05) is 49.8 Å². The molecule has 0 radical (unpaired) electrons. The lowest BCUT2D eigenvalue weighted by Gasteiger charge is -2.58. The number of fused-ring (bicyclic) bond motifs is 5. The van der Waals surface area contributed by atoms with Gasteiger partial charge in [0.2, 0.25) is 11.8 Å². The van der Waals surface area contributed by atoms with Crippen molar-refractivity contribution in [3.63, 3.8) is 0 Å². The van der Waals surface area contributed by atoms with Crippen molar-refractivity contribution in [1.29, 1.82) is 0 Å². The van der Waals surface area contributed by atoms with Crippen LogP contribution in [0.4, 0.5) is 13.2 Å². The number of hydrogen-bond donors (Lipinski definition) is 2. The third-order valence-electron chi connectivity index (χ3n) is 10.6. The summed E-state index contributed by atoms with van der Waals surface area (Å²) in [6.45, 7) is 7.28. The number of nitrogens with one attached hydrogen (secondary N) is 2. The molecular formula is C29H37F3N2O2. The van der Waals surface area contributed by atoms with E-state index in [2.05, 4.69) is 30.6 Å². The summed E-state index contributed by atoms with van der Waals surface area (Å²) in [6.07, 6.45) is 4.21. The number of amides is 2. The molecule has 2 amide bonds. The van der Waals surface area contributed by atoms with Crippen LogP contribution in [-0.4, -0.2) is 24.0 Å². The number of aryl methyl sites for hydroxylation is 1. The molecule has 5 rings (SSSR count). The highest BCUT2D eigenvalue weighted by molar-refractivity contribution is 5.89. The number of carbonyl (C=O) groups is 2. The summed E-state index contributed by atoms with van der Waals surface area (Å²) in [5.41, 5.74) is -1.96. The van der Waals surface area contributed by atoms with Gasteiger partial charge in [0.25, 0.3) is 0 Å². The Morgan fingerprint density at radius 2 is 1.72 bits per heavy atom. The molecule has 3 fully saturated rings. The molecule has 36 heavy (non-hydrogen) atoms. The van der Waals surface area contributed by atoms with Gasteiger partial charge in [0.1, 0.15) is 0 Å². The van der Waals surface area contributed by atoms with E-state index >= 15 is 0 Å². The van der Waals surface area contributed by atoms with Gasteiger partial charge in [-0.3, -0.25) is 9.59 Å². The lowest BCUT2D eigenvalue weighted by Crippen LogP contribution is -2.60. The van der Waals surface area contributed by atoms with Crippen molar-refractivity contribution in [2.75, 3.05) is 0 Å². The van der Waals surface area contributed by atoms with E-state index < -0.39 is 23.5 Å². The minimum atomic E-state index is -4.63. The maximum atomic E-state index is 14.4. The normalized spacial score (nSPS) is 39.3. The number of rotatable bonds is 3. The third-order valence-corrected chi connectivity index (χ3v) is 10.6. The fourth-order valence-electron chi connectivity index (χ4n) is 8.29. The van der Waals surface area contributed by atoms with Gasteiger partial charge in [-0.15, -0.1) is 0 Å². The van der Waals surface area contributed by atoms with Crippen LogP contribution in [0.25, 0.3) is 0 Å². The van der Waals surface area contributed by atoms with Gasteiger partial charge in [-0.05, 0) is 87.2 Å². The van der Waals surface area contributed by atoms with Crippen LogP contribution in [-0.2, 0) is 15.1 Å². The maximum absolute atomic E-state index is 14.4. The van der Waals surface area contributed by atoms with Crippen LogP contribution in [0.3, 0.4) is 0 Å². The summed E-state index contributed by atoms with van der Waals surface area (Å²) >= 11 is 0. The summed E-state index contributed by atoms with van der Waals surface area (Å²) in [5.74, 6) is 0.156. The minimum Gasteiger partial charge on any atom is -0.349 e. The van der Waals surface area contributed by atoms with Crippen LogP contribution in [0.5, 0.6) is 0 Å². The molecule has 4 nitrogen and oxygen atoms in total. The average molecular weight is 503 g/mol. The SMILES string of the molecule is Cc1ccc(C(C)(NC(=O)[C@H]2CCC3C4CC[C@H]5NC(=O)C=C[C@]5(C)C4CC[C@@]32C)C(F)(F)F)cc1. The molecule has 196 valence electrons. The summed E-state index contributed by atoms with van der Waals surface area (Å²) in [5, 5.41) is 5.63. The van der Waals surface area contributed by atoms with E-state index in [-0.39, 0.29) is 28.3 Å². The molecule has 8 atom stereocenters. The largest absolute Gasteiger partial charge is 0.415 e. The number of carbonyl (C=O) groups excluding carboxylic acids is 2. The molecular weight excluding hydrogens is 465 g/mol. The first kappa shape index (κ1) is 25.3. The Hall–Kier alpha value is -2.31. The van der Waals surface area contributed by atoms with Gasteiger partial charge in [-0.2, -0.15) is 13.2 Å². The van der Waals surface area contributed by atoms with Crippen LogP contribution in [0, 0.1) is 41.4 Å². The van der Waals surface area contributed by atoms with E-state index in [1.54, 1.807) is 18.2 Å². The Morgan fingerprint density at radius 3 is 2.39 bits per heavy atom. The molecule has 0 saturated heterocycles. The van der Waals surface area contributed by atoms with E-state index in [0.29, 0.717) is 24.2 Å². The second-order valence-corrected chi connectivity index (χ2v) is 12.4. The summed E-state index contributed by atoms with van der Waals surface area (Å²) in [6, 6.07) is 6.35. The van der Waals surface area contributed by atoms with Crippen molar-refractivity contribution in [3.8, 4) is 0 Å². The molecule has 3 saturated carbocycles. The molecule has 1 aliphatic heterocycles. The molecule has 3 aliphatic carbocycles. The molecule has 2 N–H and O–H groups in total. The van der Waals surface area contributed by atoms with Crippen LogP contribution in [0.15, 0.2) is 36.4 Å². The van der Waals surface area contributed by atoms with Crippen LogP contribution >= 0.6 is 0 Å². The maximum Gasteiger partial charge on any atom is 0.415 e. The average Bonchev–Trinajstić information content (AvgIpc) is 3.16. The summed E-state index contributed by atoms with van der Waals surface area (Å²) < 4.78 is 43.1. The third kappa shape index (κ3) is 3.71. The number of hydrogen-bond acceptors (Lipinski definition) is 2. The second-order valence-electron chi connectivity index (χ2n) is 12.4. The highest BCUT2D eigenvalue weighted by Gasteiger charge is 2.62. The van der Waals surface area contributed by atoms with Crippen molar-refractivity contribution in [2.45, 2.75) is 84.0 Å². The molecule has 1 aromatic rings. The van der Waals surface area contributed by atoms with Gasteiger partial charge in [0.05, 0.1) is 0 Å². The van der Waals surface area contributed by atoms with E-state index in [9.17, 15) is 22.8 Å². The molecule has 0 spiro atoms. The summed E-state index contributed by atoms with van der Waals surface area (Å²) in [7, 11) is 0. The standard InChI is InChI=1S/C29H37F3N2O2/c1-17-5-7-18(8-6-17)28(4,29(30,31)32)34-25(36)22-11-10-20-19-9-12-23-27(3,16-14-24(35)33-23)21(19)13-15-26(20,22)2/h5-8,14,16,19-23H,9-13,15H2,1-4H3,(H,33,35)(H,34,36)/t19?,20?,21?,22-,23-,26+,27-,28?/m1/s1. The molecule has 0 aromatic heterocycles. The zero-order valence-corrected chi connectivity index (χ0v) is 21.5. The van der Waals surface area contributed by atoms with Gasteiger partial charge >= 0.3 is 6.18 Å². The number of halogens is 3. The fraction of sp³-hybridized carbons (Fsp3) is 0.655. The van der Waals surface area contributed by atoms with Crippen molar-refractivity contribution >= 4 is 11.8 Å². The van der Waals surface area contributed by atoms with Gasteiger partial charge < -0.3 is 10.6 Å². The topological polar surface area (TPSA) is 58.2 Å². The van der Waals surface area contributed by atoms with Crippen molar-refractivity contribution in [1.82, 2.24) is 10.6 Å².